The molecule has 6 nitrogen and oxygen atoms in total. The normalized spacial score (nSPS) is 10.2. The van der Waals surface area contributed by atoms with Crippen molar-refractivity contribution in [3.63, 3.8) is 0 Å². The summed E-state index contributed by atoms with van der Waals surface area (Å²) in [7, 11) is 0. The molecule has 0 fully saturated rings. The second-order valence-electron chi connectivity index (χ2n) is 3.76. The molecule has 88 valence electrons. The molecular formula is C11H13N5O. The van der Waals surface area contributed by atoms with Crippen LogP contribution < -0.4 is 11.1 Å². The maximum absolute atomic E-state index is 11.8. The first kappa shape index (κ1) is 11.1. The van der Waals surface area contributed by atoms with E-state index < -0.39 is 0 Å². The van der Waals surface area contributed by atoms with Gasteiger partial charge in [0.25, 0.3) is 5.91 Å². The van der Waals surface area contributed by atoms with Crippen LogP contribution in [-0.4, -0.2) is 21.3 Å². The number of aryl methyl sites for hydroxylation is 1. The van der Waals surface area contributed by atoms with Gasteiger partial charge in [-0.15, -0.1) is 10.2 Å². The molecule has 1 aromatic heterocycles. The molecule has 1 heterocycles. The van der Waals surface area contributed by atoms with Crippen molar-refractivity contribution in [1.29, 1.82) is 0 Å². The van der Waals surface area contributed by atoms with Gasteiger partial charge in [-0.1, -0.05) is 12.1 Å². The van der Waals surface area contributed by atoms with Crippen molar-refractivity contribution in [3.8, 4) is 0 Å². The summed E-state index contributed by atoms with van der Waals surface area (Å²) >= 11 is 0. The Labute approximate surface area is 98.2 Å². The van der Waals surface area contributed by atoms with E-state index in [0.717, 1.165) is 16.8 Å². The Morgan fingerprint density at radius 3 is 2.76 bits per heavy atom. The van der Waals surface area contributed by atoms with Gasteiger partial charge in [-0.2, -0.15) is 5.21 Å². The van der Waals surface area contributed by atoms with E-state index in [2.05, 4.69) is 20.7 Å². The monoisotopic (exact) mass is 231 g/mol. The maximum atomic E-state index is 11.8. The fourth-order valence-electron chi connectivity index (χ4n) is 1.47. The molecule has 1 aromatic carbocycles. The Hall–Kier alpha value is -2.37. The molecule has 4 N–H and O–H groups in total. The molecule has 6 heteroatoms. The van der Waals surface area contributed by atoms with Gasteiger partial charge < -0.3 is 11.1 Å². The van der Waals surface area contributed by atoms with E-state index in [-0.39, 0.29) is 17.4 Å². The van der Waals surface area contributed by atoms with Crippen LogP contribution >= 0.6 is 0 Å². The number of carbonyl (C=O) groups excluding carboxylic acids is 1. The van der Waals surface area contributed by atoms with Gasteiger partial charge in [0, 0.05) is 5.69 Å². The minimum absolute atomic E-state index is 0.0906. The predicted molar refractivity (Wildman–Crippen MR) is 64.7 cm³/mol. The fourth-order valence-corrected chi connectivity index (χ4v) is 1.47. The highest BCUT2D eigenvalue weighted by Gasteiger charge is 2.15. The first-order valence-electron chi connectivity index (χ1n) is 5.13. The van der Waals surface area contributed by atoms with Crippen LogP contribution in [0.2, 0.25) is 0 Å². The quantitative estimate of drug-likeness (QED) is 0.724. The zero-order valence-corrected chi connectivity index (χ0v) is 9.61. The Morgan fingerprint density at radius 2 is 2.12 bits per heavy atom. The molecule has 0 aliphatic heterocycles. The number of anilines is 2. The van der Waals surface area contributed by atoms with Crippen molar-refractivity contribution in [2.24, 2.45) is 0 Å². The van der Waals surface area contributed by atoms with E-state index in [1.165, 1.54) is 0 Å². The van der Waals surface area contributed by atoms with Gasteiger partial charge in [0.1, 0.15) is 0 Å². The highest BCUT2D eigenvalue weighted by atomic mass is 16.2. The Bertz CT molecular complexity index is 561. The van der Waals surface area contributed by atoms with Gasteiger partial charge in [-0.3, -0.25) is 4.79 Å². The minimum Gasteiger partial charge on any atom is -0.380 e. The second-order valence-corrected chi connectivity index (χ2v) is 3.76. The largest absolute Gasteiger partial charge is 0.380 e. The third-order valence-corrected chi connectivity index (χ3v) is 2.64. The van der Waals surface area contributed by atoms with Crippen LogP contribution in [0.4, 0.5) is 11.5 Å². The average molecular weight is 231 g/mol. The van der Waals surface area contributed by atoms with Gasteiger partial charge in [-0.05, 0) is 31.0 Å². The van der Waals surface area contributed by atoms with Crippen molar-refractivity contribution in [3.05, 3.63) is 35.0 Å². The van der Waals surface area contributed by atoms with Crippen molar-refractivity contribution in [2.45, 2.75) is 13.8 Å². The molecule has 1 amide bonds. The fraction of sp³-hybridized carbons (Fsp3) is 0.182. The highest BCUT2D eigenvalue weighted by Crippen LogP contribution is 2.19. The predicted octanol–water partition coefficient (Wildman–Crippen LogP) is 1.26. The topological polar surface area (TPSA) is 96.7 Å². The lowest BCUT2D eigenvalue weighted by molar-refractivity contribution is 0.102. The minimum atomic E-state index is -0.370. The molecule has 0 atom stereocenters. The highest BCUT2D eigenvalue weighted by molar-refractivity contribution is 6.05. The van der Waals surface area contributed by atoms with Gasteiger partial charge in [0.2, 0.25) is 0 Å². The molecule has 0 unspecified atom stereocenters. The summed E-state index contributed by atoms with van der Waals surface area (Å²) in [6, 6.07) is 5.69. The van der Waals surface area contributed by atoms with Crippen LogP contribution in [0.25, 0.3) is 0 Å². The summed E-state index contributed by atoms with van der Waals surface area (Å²) in [5, 5.41) is 12.3. The van der Waals surface area contributed by atoms with Gasteiger partial charge in [0.05, 0.1) is 0 Å². The van der Waals surface area contributed by atoms with Crippen LogP contribution in [0, 0.1) is 13.8 Å². The third kappa shape index (κ3) is 2.10. The summed E-state index contributed by atoms with van der Waals surface area (Å²) < 4.78 is 0. The molecule has 0 saturated carbocycles. The number of aromatic nitrogens is 3. The number of nitrogens with zero attached hydrogens (tertiary/aromatic N) is 2. The number of benzene rings is 1. The number of aromatic amines is 1. The van der Waals surface area contributed by atoms with Crippen LogP contribution in [0.5, 0.6) is 0 Å². The SMILES string of the molecule is Cc1cccc(NC(=O)c2n[nH]nc2N)c1C. The number of carbonyl (C=O) groups is 1. The van der Waals surface area contributed by atoms with Crippen molar-refractivity contribution in [1.82, 2.24) is 15.4 Å². The Morgan fingerprint density at radius 1 is 1.35 bits per heavy atom. The third-order valence-electron chi connectivity index (χ3n) is 2.64. The summed E-state index contributed by atoms with van der Waals surface area (Å²) in [5.74, 6) is -0.280. The number of rotatable bonds is 2. The summed E-state index contributed by atoms with van der Waals surface area (Å²) in [4.78, 5) is 11.8. The van der Waals surface area contributed by atoms with E-state index in [9.17, 15) is 4.79 Å². The maximum Gasteiger partial charge on any atom is 0.280 e. The number of hydrogen-bond acceptors (Lipinski definition) is 4. The summed E-state index contributed by atoms with van der Waals surface area (Å²) in [6.07, 6.45) is 0. The molecule has 0 radical (unpaired) electrons. The van der Waals surface area contributed by atoms with Gasteiger partial charge in [0.15, 0.2) is 11.5 Å². The van der Waals surface area contributed by atoms with E-state index in [1.54, 1.807) is 0 Å². The van der Waals surface area contributed by atoms with Crippen molar-refractivity contribution >= 4 is 17.4 Å². The zero-order chi connectivity index (χ0) is 12.4. The van der Waals surface area contributed by atoms with Crippen molar-refractivity contribution in [2.75, 3.05) is 11.1 Å². The number of H-pyrrole nitrogens is 1. The molecule has 0 spiro atoms. The molecule has 2 aromatic rings. The van der Waals surface area contributed by atoms with Crippen LogP contribution in [-0.2, 0) is 0 Å². The number of nitrogens with two attached hydrogens (primary N) is 1. The Kier molecular flexibility index (Phi) is 2.78. The van der Waals surface area contributed by atoms with Crippen LogP contribution in [0.3, 0.4) is 0 Å². The smallest absolute Gasteiger partial charge is 0.280 e. The zero-order valence-electron chi connectivity index (χ0n) is 9.61. The molecular weight excluding hydrogens is 218 g/mol. The first-order valence-corrected chi connectivity index (χ1v) is 5.13. The van der Waals surface area contributed by atoms with Crippen LogP contribution in [0.1, 0.15) is 21.6 Å². The molecule has 0 saturated heterocycles. The second kappa shape index (κ2) is 4.25. The van der Waals surface area contributed by atoms with Gasteiger partial charge in [-0.25, -0.2) is 0 Å². The number of nitrogen functional groups attached to an aromatic ring is 1. The molecule has 0 bridgehead atoms. The summed E-state index contributed by atoms with van der Waals surface area (Å²) in [6.45, 7) is 3.92. The first-order chi connectivity index (χ1) is 8.09. The number of hydrogen-bond donors (Lipinski definition) is 3. The molecule has 0 aliphatic carbocycles. The Balaban J connectivity index is 2.25. The molecule has 0 aliphatic rings. The number of amides is 1. The van der Waals surface area contributed by atoms with Crippen molar-refractivity contribution < 1.29 is 4.79 Å². The molecule has 17 heavy (non-hydrogen) atoms. The lowest BCUT2D eigenvalue weighted by Crippen LogP contribution is -2.15. The van der Waals surface area contributed by atoms with Crippen LogP contribution in [0.15, 0.2) is 18.2 Å². The summed E-state index contributed by atoms with van der Waals surface area (Å²) in [5.41, 5.74) is 8.47. The lowest BCUT2D eigenvalue weighted by atomic mass is 10.1. The van der Waals surface area contributed by atoms with E-state index in [4.69, 9.17) is 5.73 Å². The number of nitrogens with one attached hydrogen (secondary N) is 2. The standard InChI is InChI=1S/C11H13N5O/c1-6-4-3-5-8(7(6)2)13-11(17)9-10(12)15-16-14-9/h3-5H,1-2H3,(H,13,17)(H3,12,14,15,16). The van der Waals surface area contributed by atoms with E-state index in [1.807, 2.05) is 32.0 Å². The van der Waals surface area contributed by atoms with Gasteiger partial charge >= 0.3 is 0 Å². The van der Waals surface area contributed by atoms with E-state index in [0.29, 0.717) is 0 Å². The van der Waals surface area contributed by atoms with E-state index >= 15 is 0 Å². The average Bonchev–Trinajstić information content (AvgIpc) is 2.71. The lowest BCUT2D eigenvalue weighted by Gasteiger charge is -2.09. The molecule has 2 rings (SSSR count).